The number of rotatable bonds is 4. The summed E-state index contributed by atoms with van der Waals surface area (Å²) in [5, 5.41) is 5.46. The minimum atomic E-state index is -3.49. The first-order valence-electron chi connectivity index (χ1n) is 9.66. The van der Waals surface area contributed by atoms with Crippen molar-refractivity contribution in [3.63, 3.8) is 0 Å². The van der Waals surface area contributed by atoms with Gasteiger partial charge in [0.2, 0.25) is 5.91 Å². The summed E-state index contributed by atoms with van der Waals surface area (Å²) in [7, 11) is -3.49. The minimum absolute atomic E-state index is 0.00503. The largest absolute Gasteiger partial charge is 0.325 e. The van der Waals surface area contributed by atoms with Gasteiger partial charge in [0.15, 0.2) is 9.84 Å². The zero-order chi connectivity index (χ0) is 22.5. The second-order valence-corrected chi connectivity index (χ2v) is 11.6. The zero-order valence-electron chi connectivity index (χ0n) is 17.4. The molecule has 2 aliphatic rings. The third kappa shape index (κ3) is 4.46. The lowest BCUT2D eigenvalue weighted by atomic mass is 9.64. The highest BCUT2D eigenvalue weighted by Crippen LogP contribution is 2.46. The van der Waals surface area contributed by atoms with Crippen LogP contribution in [-0.2, 0) is 19.4 Å². The molecule has 1 spiro atoms. The van der Waals surface area contributed by atoms with Crippen LogP contribution in [0.25, 0.3) is 0 Å². The molecule has 1 aromatic carbocycles. The van der Waals surface area contributed by atoms with Gasteiger partial charge in [0.05, 0.1) is 15.6 Å². The van der Waals surface area contributed by atoms with Gasteiger partial charge in [-0.1, -0.05) is 32.4 Å². The number of hydrogen-bond acceptors (Lipinski definition) is 5. The lowest BCUT2D eigenvalue weighted by Gasteiger charge is -2.43. The molecule has 1 saturated carbocycles. The third-order valence-corrected chi connectivity index (χ3v) is 7.01. The van der Waals surface area contributed by atoms with E-state index in [0.29, 0.717) is 12.8 Å². The Labute approximate surface area is 181 Å². The molecular weight excluding hydrogens is 430 g/mol. The van der Waals surface area contributed by atoms with E-state index in [2.05, 4.69) is 24.5 Å². The lowest BCUT2D eigenvalue weighted by molar-refractivity contribution is -0.136. The van der Waals surface area contributed by atoms with Crippen molar-refractivity contribution >= 4 is 45.0 Å². The quantitative estimate of drug-likeness (QED) is 0.678. The lowest BCUT2D eigenvalue weighted by Crippen LogP contribution is -2.54. The van der Waals surface area contributed by atoms with Gasteiger partial charge in [-0.2, -0.15) is 0 Å². The Hall–Kier alpha value is -2.13. The molecule has 1 aliphatic carbocycles. The highest BCUT2D eigenvalue weighted by atomic mass is 35.5. The van der Waals surface area contributed by atoms with Crippen LogP contribution in [-0.4, -0.2) is 49.5 Å². The van der Waals surface area contributed by atoms with Crippen LogP contribution in [0, 0.1) is 11.3 Å². The average Bonchev–Trinajstić information content (AvgIpc) is 2.77. The maximum Gasteiger partial charge on any atom is 0.325 e. The summed E-state index contributed by atoms with van der Waals surface area (Å²) in [6, 6.07) is 3.34. The highest BCUT2D eigenvalue weighted by Gasteiger charge is 2.56. The predicted octanol–water partition coefficient (Wildman–Crippen LogP) is 2.82. The number of urea groups is 1. The molecule has 0 radical (unpaired) electrons. The molecule has 0 bridgehead atoms. The maximum absolute atomic E-state index is 13.1. The number of sulfone groups is 1. The molecule has 4 amide bonds. The van der Waals surface area contributed by atoms with E-state index in [-0.39, 0.29) is 26.9 Å². The molecule has 2 fully saturated rings. The number of amides is 4. The minimum Gasteiger partial charge on any atom is -0.323 e. The van der Waals surface area contributed by atoms with E-state index in [9.17, 15) is 22.8 Å². The van der Waals surface area contributed by atoms with Crippen molar-refractivity contribution in [1.82, 2.24) is 10.2 Å². The van der Waals surface area contributed by atoms with Crippen LogP contribution in [0.5, 0.6) is 0 Å². The van der Waals surface area contributed by atoms with Gasteiger partial charge in [-0.3, -0.25) is 14.5 Å². The standard InChI is InChI=1S/C20H26ClN3O5S/c1-12-8-19(2,3)11-20(9-12)17(26)24(18(27)23-20)10-16(25)22-15-7-13(30(4,28)29)5-6-14(15)21/h5-7,12H,8-11H2,1-4H3,(H,22,25)(H,23,27)/t12-,20+/m1/s1. The molecule has 10 heteroatoms. The van der Waals surface area contributed by atoms with E-state index < -0.39 is 39.8 Å². The smallest absolute Gasteiger partial charge is 0.323 e. The highest BCUT2D eigenvalue weighted by molar-refractivity contribution is 7.90. The van der Waals surface area contributed by atoms with Gasteiger partial charge in [0.1, 0.15) is 12.1 Å². The van der Waals surface area contributed by atoms with E-state index in [0.717, 1.165) is 17.6 Å². The summed E-state index contributed by atoms with van der Waals surface area (Å²) in [5.74, 6) is -0.797. The van der Waals surface area contributed by atoms with Crippen molar-refractivity contribution in [2.75, 3.05) is 18.1 Å². The first-order valence-corrected chi connectivity index (χ1v) is 11.9. The number of nitrogens with one attached hydrogen (secondary N) is 2. The Balaban J connectivity index is 1.77. The molecule has 8 nitrogen and oxygen atoms in total. The van der Waals surface area contributed by atoms with Gasteiger partial charge >= 0.3 is 6.03 Å². The van der Waals surface area contributed by atoms with Crippen LogP contribution >= 0.6 is 11.6 Å². The normalized spacial score (nSPS) is 26.0. The summed E-state index contributed by atoms with van der Waals surface area (Å²) < 4.78 is 23.5. The van der Waals surface area contributed by atoms with E-state index in [4.69, 9.17) is 11.6 Å². The first-order chi connectivity index (χ1) is 13.7. The summed E-state index contributed by atoms with van der Waals surface area (Å²) in [4.78, 5) is 39.1. The molecule has 164 valence electrons. The van der Waals surface area contributed by atoms with Crippen molar-refractivity contribution in [2.24, 2.45) is 11.3 Å². The predicted molar refractivity (Wildman–Crippen MR) is 113 cm³/mol. The Morgan fingerprint density at radius 1 is 1.30 bits per heavy atom. The van der Waals surface area contributed by atoms with Crippen molar-refractivity contribution < 1.29 is 22.8 Å². The molecule has 0 unspecified atom stereocenters. The monoisotopic (exact) mass is 455 g/mol. The van der Waals surface area contributed by atoms with Gasteiger partial charge in [-0.25, -0.2) is 13.2 Å². The van der Waals surface area contributed by atoms with Gasteiger partial charge < -0.3 is 10.6 Å². The van der Waals surface area contributed by atoms with E-state index in [1.807, 2.05) is 6.92 Å². The molecule has 1 aliphatic heterocycles. The van der Waals surface area contributed by atoms with Gasteiger partial charge in [-0.05, 0) is 48.8 Å². The van der Waals surface area contributed by atoms with Crippen LogP contribution in [0.15, 0.2) is 23.1 Å². The Morgan fingerprint density at radius 3 is 2.57 bits per heavy atom. The molecule has 3 rings (SSSR count). The average molecular weight is 456 g/mol. The van der Waals surface area contributed by atoms with Gasteiger partial charge in [0, 0.05) is 6.26 Å². The van der Waals surface area contributed by atoms with Crippen molar-refractivity contribution in [3.8, 4) is 0 Å². The zero-order valence-corrected chi connectivity index (χ0v) is 19.0. The number of carbonyl (C=O) groups is 3. The van der Waals surface area contributed by atoms with Crippen molar-refractivity contribution in [2.45, 2.75) is 50.5 Å². The Kier molecular flexibility index (Phi) is 5.66. The molecule has 2 N–H and O–H groups in total. The summed E-state index contributed by atoms with van der Waals surface area (Å²) in [5.41, 5.74) is -1.01. The van der Waals surface area contributed by atoms with E-state index in [1.54, 1.807) is 0 Å². The molecule has 30 heavy (non-hydrogen) atoms. The molecular formula is C20H26ClN3O5S. The molecule has 1 heterocycles. The molecule has 1 aromatic rings. The van der Waals surface area contributed by atoms with Crippen molar-refractivity contribution in [3.05, 3.63) is 23.2 Å². The van der Waals surface area contributed by atoms with Crippen LogP contribution in [0.4, 0.5) is 10.5 Å². The molecule has 2 atom stereocenters. The SMILES string of the molecule is C[C@@H]1CC(C)(C)C[C@]2(C1)NC(=O)N(CC(=O)Nc1cc(S(C)(=O)=O)ccc1Cl)C2=O. The number of carbonyl (C=O) groups excluding carboxylic acids is 3. The topological polar surface area (TPSA) is 113 Å². The second-order valence-electron chi connectivity index (χ2n) is 9.22. The Morgan fingerprint density at radius 2 is 1.97 bits per heavy atom. The number of hydrogen-bond donors (Lipinski definition) is 2. The van der Waals surface area contributed by atoms with E-state index in [1.165, 1.54) is 18.2 Å². The van der Waals surface area contributed by atoms with Crippen molar-refractivity contribution in [1.29, 1.82) is 0 Å². The molecule has 1 saturated heterocycles. The summed E-state index contributed by atoms with van der Waals surface area (Å²) in [6.45, 7) is 5.70. The van der Waals surface area contributed by atoms with E-state index >= 15 is 0 Å². The first kappa shape index (κ1) is 22.6. The number of anilines is 1. The number of benzene rings is 1. The molecule has 0 aromatic heterocycles. The summed E-state index contributed by atoms with van der Waals surface area (Å²) >= 11 is 6.06. The fourth-order valence-corrected chi connectivity index (χ4v) is 5.63. The van der Waals surface area contributed by atoms with Crippen LogP contribution in [0.1, 0.15) is 40.0 Å². The van der Waals surface area contributed by atoms with Crippen LogP contribution < -0.4 is 10.6 Å². The Bertz CT molecular complexity index is 1020. The number of nitrogens with zero attached hydrogens (tertiary/aromatic N) is 1. The fraction of sp³-hybridized carbons (Fsp3) is 0.550. The van der Waals surface area contributed by atoms with Gasteiger partial charge in [-0.15, -0.1) is 0 Å². The van der Waals surface area contributed by atoms with Crippen LogP contribution in [0.2, 0.25) is 5.02 Å². The van der Waals surface area contributed by atoms with Gasteiger partial charge in [0.25, 0.3) is 5.91 Å². The number of imide groups is 1. The van der Waals surface area contributed by atoms with Crippen LogP contribution in [0.3, 0.4) is 0 Å². The number of halogens is 1. The maximum atomic E-state index is 13.1. The summed E-state index contributed by atoms with van der Waals surface area (Å²) in [6.07, 6.45) is 3.03. The fourth-order valence-electron chi connectivity index (χ4n) is 4.81. The second kappa shape index (κ2) is 7.53. The third-order valence-electron chi connectivity index (χ3n) is 5.57.